The Bertz CT molecular complexity index is 4060. The molecular weight excluding hydrogens is 697 g/mol. The molecule has 0 amide bonds. The number of aromatic nitrogens is 6. The largest absolute Gasteiger partial charge is 0.309 e. The molecule has 0 bridgehead atoms. The van der Waals surface area contributed by atoms with Crippen LogP contribution in [0, 0.1) is 0 Å². The molecule has 0 atom stereocenters. The molecule has 8 aromatic carbocycles. The van der Waals surface area contributed by atoms with Gasteiger partial charge in [-0.2, -0.15) is 9.97 Å². The second kappa shape index (κ2) is 12.3. The van der Waals surface area contributed by atoms with Gasteiger partial charge in [0.15, 0.2) is 11.6 Å². The second-order valence-electron chi connectivity index (χ2n) is 13.7. The van der Waals surface area contributed by atoms with Gasteiger partial charge in [0.25, 0.3) is 0 Å². The van der Waals surface area contributed by atoms with Gasteiger partial charge < -0.3 is 9.13 Å². The lowest BCUT2D eigenvalue weighted by Gasteiger charge is -2.13. The first-order chi connectivity index (χ1) is 32.4. The highest BCUT2D eigenvalue weighted by Crippen LogP contribution is 2.42. The molecule has 0 N–H and O–H groups in total. The van der Waals surface area contributed by atoms with E-state index in [-0.39, 0.29) is 40.9 Å². The van der Waals surface area contributed by atoms with Gasteiger partial charge in [-0.15, -0.1) is 0 Å². The van der Waals surface area contributed by atoms with Crippen molar-refractivity contribution in [2.45, 2.75) is 0 Å². The van der Waals surface area contributed by atoms with Crippen LogP contribution in [0.25, 0.3) is 106 Å². The van der Waals surface area contributed by atoms with E-state index < -0.39 is 48.3 Å². The van der Waals surface area contributed by atoms with E-state index in [4.69, 9.17) is 25.9 Å². The summed E-state index contributed by atoms with van der Waals surface area (Å²) in [5, 5.41) is 4.90. The Morgan fingerprint density at radius 2 is 0.860 bits per heavy atom. The van der Waals surface area contributed by atoms with E-state index in [1.54, 1.807) is 4.57 Å². The van der Waals surface area contributed by atoms with Crippen molar-refractivity contribution >= 4 is 65.4 Å². The Hall–Kier alpha value is -7.83. The van der Waals surface area contributed by atoms with Crippen molar-refractivity contribution in [1.29, 1.82) is 0 Å². The van der Waals surface area contributed by atoms with Crippen molar-refractivity contribution in [1.82, 2.24) is 28.7 Å². The van der Waals surface area contributed by atoms with Gasteiger partial charge in [0.2, 0.25) is 5.95 Å². The SMILES string of the molecule is [2H]c1c([2H])c([2H])c(-c2nc(-c3ccc4c(c3)c3ccccc3n4-c3ccccc3)nc(-n3c4ccccc4c4ccc5c6ccccc6n(-c6c([2H])c([2H])c([2H])c([2H])c6[2H])c5c43)n2)c([2H])c1[2H]. The van der Waals surface area contributed by atoms with Gasteiger partial charge in [-0.05, 0) is 60.6 Å². The molecule has 0 aliphatic rings. The normalized spacial score (nSPS) is 14.3. The third-order valence-electron chi connectivity index (χ3n) is 10.7. The molecule has 0 radical (unpaired) electrons. The molecule has 266 valence electrons. The summed E-state index contributed by atoms with van der Waals surface area (Å²) < 4.78 is 93.6. The molecule has 0 unspecified atom stereocenters. The lowest BCUT2D eigenvalue weighted by atomic mass is 10.1. The number of hydrogen-bond donors (Lipinski definition) is 0. The molecule has 4 aromatic heterocycles. The van der Waals surface area contributed by atoms with Crippen LogP contribution >= 0.6 is 0 Å². The topological polar surface area (TPSA) is 53.5 Å². The average Bonchev–Trinajstić information content (AvgIpc) is 4.00. The summed E-state index contributed by atoms with van der Waals surface area (Å²) in [6.45, 7) is 0. The minimum atomic E-state index is -0.557. The zero-order valence-corrected chi connectivity index (χ0v) is 29.9. The molecule has 4 heterocycles. The van der Waals surface area contributed by atoms with Gasteiger partial charge in [-0.25, -0.2) is 4.98 Å². The van der Waals surface area contributed by atoms with Gasteiger partial charge in [-0.1, -0.05) is 133 Å². The number of nitrogens with zero attached hydrogens (tertiary/aromatic N) is 6. The maximum Gasteiger partial charge on any atom is 0.238 e. The van der Waals surface area contributed by atoms with Crippen LogP contribution in [0.3, 0.4) is 0 Å². The number of fused-ring (bicyclic) bond motifs is 10. The summed E-state index contributed by atoms with van der Waals surface area (Å²) in [6, 6.07) is 38.2. The van der Waals surface area contributed by atoms with Crippen molar-refractivity contribution in [2.24, 2.45) is 0 Å². The molecule has 57 heavy (non-hydrogen) atoms. The molecule has 0 spiro atoms. The van der Waals surface area contributed by atoms with Crippen molar-refractivity contribution in [2.75, 3.05) is 0 Å². The van der Waals surface area contributed by atoms with E-state index >= 15 is 0 Å². The van der Waals surface area contributed by atoms with Crippen molar-refractivity contribution in [3.05, 3.63) is 194 Å². The lowest BCUT2D eigenvalue weighted by molar-refractivity contribution is 0.953. The van der Waals surface area contributed by atoms with Gasteiger partial charge in [0, 0.05) is 54.8 Å². The van der Waals surface area contributed by atoms with Gasteiger partial charge in [-0.3, -0.25) is 4.57 Å². The first-order valence-corrected chi connectivity index (χ1v) is 18.4. The van der Waals surface area contributed by atoms with Crippen LogP contribution in [-0.4, -0.2) is 28.7 Å². The van der Waals surface area contributed by atoms with Crippen molar-refractivity contribution in [3.8, 4) is 40.1 Å². The van der Waals surface area contributed by atoms with Crippen LogP contribution in [0.4, 0.5) is 0 Å². The Labute approximate surface area is 341 Å². The Balaban J connectivity index is 1.23. The highest BCUT2D eigenvalue weighted by molar-refractivity contribution is 6.23. The Morgan fingerprint density at radius 3 is 1.53 bits per heavy atom. The summed E-state index contributed by atoms with van der Waals surface area (Å²) in [6.07, 6.45) is 0. The minimum absolute atomic E-state index is 0.0411. The van der Waals surface area contributed by atoms with E-state index in [1.165, 1.54) is 0 Å². The van der Waals surface area contributed by atoms with Crippen molar-refractivity contribution in [3.63, 3.8) is 0 Å². The smallest absolute Gasteiger partial charge is 0.238 e. The third-order valence-corrected chi connectivity index (χ3v) is 10.7. The van der Waals surface area contributed by atoms with Crippen LogP contribution in [0.2, 0.25) is 0 Å². The monoisotopic (exact) mass is 738 g/mol. The fraction of sp³-hybridized carbons (Fsp3) is 0. The first kappa shape index (κ1) is 23.2. The molecule has 6 nitrogen and oxygen atoms in total. The van der Waals surface area contributed by atoms with E-state index in [9.17, 15) is 2.74 Å². The lowest BCUT2D eigenvalue weighted by Crippen LogP contribution is -2.07. The Kier molecular flexibility index (Phi) is 5.02. The quantitative estimate of drug-likeness (QED) is 0.177. The maximum atomic E-state index is 9.18. The van der Waals surface area contributed by atoms with E-state index in [1.807, 2.05) is 126 Å². The standard InChI is InChI=1S/C51H32N6/c1-4-16-33(17-5-1)49-52-50(34-28-31-46-42(32-34)39-24-12-13-25-43(39)55(46)35-18-6-2-7-19-35)54-51(53-49)57-45-27-15-11-23-38(45)41-30-29-40-37-22-10-14-26-44(37)56(47(40)48(41)57)36-20-8-3-9-21-36/h1-32H/i1D,3D,4D,5D,8D,9D,16D,17D,20D,21D. The number of rotatable bonds is 5. The van der Waals surface area contributed by atoms with E-state index in [0.29, 0.717) is 27.6 Å². The molecular formula is C51H32N6. The third kappa shape index (κ3) is 4.74. The van der Waals surface area contributed by atoms with Gasteiger partial charge in [0.1, 0.15) is 0 Å². The molecule has 0 aliphatic heterocycles. The molecule has 12 aromatic rings. The predicted molar refractivity (Wildman–Crippen MR) is 234 cm³/mol. The maximum absolute atomic E-state index is 9.18. The fourth-order valence-electron chi connectivity index (χ4n) is 8.33. The van der Waals surface area contributed by atoms with Crippen LogP contribution < -0.4 is 0 Å². The first-order valence-electron chi connectivity index (χ1n) is 23.4. The molecule has 0 aliphatic carbocycles. The summed E-state index contributed by atoms with van der Waals surface area (Å²) in [5.74, 6) is 0.0535. The highest BCUT2D eigenvalue weighted by atomic mass is 15.2. The summed E-state index contributed by atoms with van der Waals surface area (Å²) in [5.41, 5.74) is 5.50. The minimum Gasteiger partial charge on any atom is -0.309 e. The summed E-state index contributed by atoms with van der Waals surface area (Å²) in [7, 11) is 0. The zero-order valence-electron chi connectivity index (χ0n) is 39.9. The van der Waals surface area contributed by atoms with E-state index in [2.05, 4.69) is 16.7 Å². The Morgan fingerprint density at radius 1 is 0.351 bits per heavy atom. The van der Waals surface area contributed by atoms with Gasteiger partial charge in [0.05, 0.1) is 46.8 Å². The van der Waals surface area contributed by atoms with Crippen LogP contribution in [0.1, 0.15) is 13.7 Å². The average molecular weight is 739 g/mol. The van der Waals surface area contributed by atoms with Crippen LogP contribution in [-0.2, 0) is 0 Å². The zero-order chi connectivity index (χ0) is 46.2. The predicted octanol–water partition coefficient (Wildman–Crippen LogP) is 12.5. The number of benzene rings is 8. The number of para-hydroxylation sites is 5. The summed E-state index contributed by atoms with van der Waals surface area (Å²) in [4.78, 5) is 15.1. The molecule has 0 saturated heterocycles. The molecule has 0 fully saturated rings. The van der Waals surface area contributed by atoms with Crippen LogP contribution in [0.15, 0.2) is 194 Å². The van der Waals surface area contributed by atoms with Gasteiger partial charge >= 0.3 is 0 Å². The van der Waals surface area contributed by atoms with E-state index in [0.717, 1.165) is 49.0 Å². The number of hydrogen-bond acceptors (Lipinski definition) is 3. The summed E-state index contributed by atoms with van der Waals surface area (Å²) >= 11 is 0. The highest BCUT2D eigenvalue weighted by Gasteiger charge is 2.24. The molecule has 12 rings (SSSR count). The molecule has 6 heteroatoms. The van der Waals surface area contributed by atoms with Crippen molar-refractivity contribution < 1.29 is 13.7 Å². The molecule has 0 saturated carbocycles. The second-order valence-corrected chi connectivity index (χ2v) is 13.7. The fourth-order valence-corrected chi connectivity index (χ4v) is 8.33. The van der Waals surface area contributed by atoms with Crippen LogP contribution in [0.5, 0.6) is 0 Å².